The number of carbonyl (C=O) groups is 2. The van der Waals surface area contributed by atoms with Gasteiger partial charge in [0.05, 0.1) is 5.56 Å². The fourth-order valence-corrected chi connectivity index (χ4v) is 1.94. The summed E-state index contributed by atoms with van der Waals surface area (Å²) in [5, 5.41) is 9.57. The van der Waals surface area contributed by atoms with E-state index in [0.717, 1.165) is 3.57 Å². The minimum Gasteiger partial charge on any atom is -0.507 e. The molecule has 0 spiro atoms. The molecule has 0 heterocycles. The molecule has 0 aliphatic carbocycles. The minimum absolute atomic E-state index is 0.0313. The first-order valence-corrected chi connectivity index (χ1v) is 6.46. The average Bonchev–Trinajstić information content (AvgIpc) is 2.42. The Morgan fingerprint density at radius 2 is 1.68 bits per heavy atom. The van der Waals surface area contributed by atoms with Gasteiger partial charge in [0.15, 0.2) is 0 Å². The first kappa shape index (κ1) is 13.5. The molecule has 0 aliphatic rings. The van der Waals surface area contributed by atoms with Crippen LogP contribution in [0.5, 0.6) is 5.75 Å². The van der Waals surface area contributed by atoms with Crippen LogP contribution >= 0.6 is 22.6 Å². The van der Waals surface area contributed by atoms with E-state index in [1.807, 2.05) is 22.6 Å². The van der Waals surface area contributed by atoms with Crippen LogP contribution in [0.2, 0.25) is 0 Å². The van der Waals surface area contributed by atoms with Crippen molar-refractivity contribution in [3.63, 3.8) is 0 Å². The van der Waals surface area contributed by atoms with Crippen LogP contribution in [0.25, 0.3) is 0 Å². The number of hydrogen-bond acceptors (Lipinski definition) is 4. The number of carbonyl (C=O) groups excluding carboxylic acids is 2. The summed E-state index contributed by atoms with van der Waals surface area (Å²) in [6.45, 7) is 0. The molecule has 0 saturated carbocycles. The molecule has 1 N–H and O–H groups in total. The first-order chi connectivity index (χ1) is 9.08. The van der Waals surface area contributed by atoms with E-state index in [9.17, 15) is 14.7 Å². The summed E-state index contributed by atoms with van der Waals surface area (Å²) in [4.78, 5) is 23.5. The van der Waals surface area contributed by atoms with Crippen molar-refractivity contribution in [1.29, 1.82) is 0 Å². The Morgan fingerprint density at radius 3 is 2.37 bits per heavy atom. The van der Waals surface area contributed by atoms with Crippen LogP contribution in [-0.2, 0) is 4.74 Å². The molecular weight excluding hydrogens is 359 g/mol. The lowest BCUT2D eigenvalue weighted by atomic mass is 10.2. The summed E-state index contributed by atoms with van der Waals surface area (Å²) < 4.78 is 5.48. The molecule has 0 amide bonds. The molecule has 19 heavy (non-hydrogen) atoms. The van der Waals surface area contributed by atoms with Crippen LogP contribution in [0.15, 0.2) is 48.5 Å². The Morgan fingerprint density at radius 1 is 1.00 bits per heavy atom. The maximum atomic E-state index is 11.8. The van der Waals surface area contributed by atoms with Crippen LogP contribution in [0, 0.1) is 3.57 Å². The molecule has 2 aromatic rings. The second kappa shape index (κ2) is 5.83. The molecule has 0 fully saturated rings. The third-order valence-corrected chi connectivity index (χ3v) is 3.04. The van der Waals surface area contributed by atoms with Crippen LogP contribution in [0.3, 0.4) is 0 Å². The van der Waals surface area contributed by atoms with Crippen molar-refractivity contribution < 1.29 is 19.4 Å². The number of halogens is 1. The largest absolute Gasteiger partial charge is 0.507 e. The zero-order chi connectivity index (χ0) is 13.8. The van der Waals surface area contributed by atoms with E-state index < -0.39 is 11.9 Å². The fraction of sp³-hybridized carbons (Fsp3) is 0. The van der Waals surface area contributed by atoms with E-state index in [1.54, 1.807) is 36.4 Å². The van der Waals surface area contributed by atoms with Gasteiger partial charge in [-0.05, 0) is 52.9 Å². The topological polar surface area (TPSA) is 63.6 Å². The smallest absolute Gasteiger partial charge is 0.349 e. The molecule has 0 radical (unpaired) electrons. The highest BCUT2D eigenvalue weighted by molar-refractivity contribution is 14.1. The zero-order valence-corrected chi connectivity index (χ0v) is 11.8. The Kier molecular flexibility index (Phi) is 4.16. The van der Waals surface area contributed by atoms with Gasteiger partial charge >= 0.3 is 11.9 Å². The highest BCUT2D eigenvalue weighted by atomic mass is 127. The Labute approximate surface area is 123 Å². The molecule has 0 atom stereocenters. The SMILES string of the molecule is O=C(OC(=O)c1cc(I)ccc1O)c1ccccc1. The second-order valence-corrected chi connectivity index (χ2v) is 4.95. The molecule has 0 unspecified atom stereocenters. The lowest BCUT2D eigenvalue weighted by molar-refractivity contribution is 0.0396. The van der Waals surface area contributed by atoms with Crippen molar-refractivity contribution in [2.24, 2.45) is 0 Å². The number of esters is 2. The zero-order valence-electron chi connectivity index (χ0n) is 9.67. The van der Waals surface area contributed by atoms with Gasteiger partial charge in [-0.2, -0.15) is 0 Å². The van der Waals surface area contributed by atoms with Crippen molar-refractivity contribution >= 4 is 34.5 Å². The lowest BCUT2D eigenvalue weighted by Gasteiger charge is -2.05. The van der Waals surface area contributed by atoms with Gasteiger partial charge in [-0.3, -0.25) is 0 Å². The third-order valence-electron chi connectivity index (χ3n) is 2.37. The van der Waals surface area contributed by atoms with Crippen LogP contribution in [0.4, 0.5) is 0 Å². The van der Waals surface area contributed by atoms with E-state index in [4.69, 9.17) is 4.74 Å². The highest BCUT2D eigenvalue weighted by Crippen LogP contribution is 2.21. The summed E-state index contributed by atoms with van der Waals surface area (Å²) in [5.74, 6) is -1.83. The van der Waals surface area contributed by atoms with Crippen molar-refractivity contribution in [2.75, 3.05) is 0 Å². The van der Waals surface area contributed by atoms with Gasteiger partial charge in [-0.25, -0.2) is 9.59 Å². The molecule has 0 aliphatic heterocycles. The molecule has 0 saturated heterocycles. The summed E-state index contributed by atoms with van der Waals surface area (Å²) in [6, 6.07) is 12.7. The van der Waals surface area contributed by atoms with E-state index in [-0.39, 0.29) is 16.9 Å². The minimum atomic E-state index is -0.870. The van der Waals surface area contributed by atoms with E-state index in [0.29, 0.717) is 0 Å². The Bertz CT molecular complexity index is 623. The monoisotopic (exact) mass is 368 g/mol. The maximum absolute atomic E-state index is 11.8. The van der Waals surface area contributed by atoms with Crippen LogP contribution in [0.1, 0.15) is 20.7 Å². The van der Waals surface area contributed by atoms with Crippen molar-refractivity contribution in [3.8, 4) is 5.75 Å². The fourth-order valence-electron chi connectivity index (χ4n) is 1.44. The number of ether oxygens (including phenoxy) is 1. The number of hydrogen-bond donors (Lipinski definition) is 1. The Balaban J connectivity index is 2.18. The summed E-state index contributed by atoms with van der Waals surface area (Å²) in [5.41, 5.74) is 0.247. The van der Waals surface area contributed by atoms with E-state index in [2.05, 4.69) is 0 Å². The molecule has 2 aromatic carbocycles. The highest BCUT2D eigenvalue weighted by Gasteiger charge is 2.18. The van der Waals surface area contributed by atoms with Crippen molar-refractivity contribution in [3.05, 3.63) is 63.2 Å². The molecule has 96 valence electrons. The van der Waals surface area contributed by atoms with Gasteiger partial charge in [0.1, 0.15) is 11.3 Å². The first-order valence-electron chi connectivity index (χ1n) is 5.38. The third kappa shape index (κ3) is 3.31. The number of benzene rings is 2. The van der Waals surface area contributed by atoms with Gasteiger partial charge in [0, 0.05) is 3.57 Å². The molecule has 2 rings (SSSR count). The molecular formula is C14H9IO4. The predicted octanol–water partition coefficient (Wildman–Crippen LogP) is 2.99. The van der Waals surface area contributed by atoms with Crippen LogP contribution in [-0.4, -0.2) is 17.0 Å². The maximum Gasteiger partial charge on any atom is 0.349 e. The van der Waals surface area contributed by atoms with Crippen LogP contribution < -0.4 is 0 Å². The summed E-state index contributed by atoms with van der Waals surface area (Å²) >= 11 is 2.00. The summed E-state index contributed by atoms with van der Waals surface area (Å²) in [6.07, 6.45) is 0. The number of phenolic OH excluding ortho intramolecular Hbond substituents is 1. The van der Waals surface area contributed by atoms with E-state index in [1.165, 1.54) is 12.1 Å². The second-order valence-electron chi connectivity index (χ2n) is 3.70. The summed E-state index contributed by atoms with van der Waals surface area (Å²) in [7, 11) is 0. The normalized spacial score (nSPS) is 9.95. The van der Waals surface area contributed by atoms with Gasteiger partial charge in [-0.15, -0.1) is 0 Å². The van der Waals surface area contributed by atoms with Gasteiger partial charge in [-0.1, -0.05) is 18.2 Å². The molecule has 5 heteroatoms. The molecule has 4 nitrogen and oxygen atoms in total. The predicted molar refractivity (Wildman–Crippen MR) is 77.0 cm³/mol. The van der Waals surface area contributed by atoms with Gasteiger partial charge in [0.2, 0.25) is 0 Å². The van der Waals surface area contributed by atoms with Gasteiger partial charge in [0.25, 0.3) is 0 Å². The van der Waals surface area contributed by atoms with Crippen molar-refractivity contribution in [1.82, 2.24) is 0 Å². The van der Waals surface area contributed by atoms with Crippen molar-refractivity contribution in [2.45, 2.75) is 0 Å². The molecule has 0 bridgehead atoms. The quantitative estimate of drug-likeness (QED) is 0.503. The standard InChI is InChI=1S/C14H9IO4/c15-10-6-7-12(16)11(8-10)14(18)19-13(17)9-4-2-1-3-5-9/h1-8,16H. The molecule has 0 aromatic heterocycles. The number of rotatable bonds is 2. The van der Waals surface area contributed by atoms with E-state index >= 15 is 0 Å². The lowest BCUT2D eigenvalue weighted by Crippen LogP contribution is -2.13. The average molecular weight is 368 g/mol. The number of phenols is 1. The van der Waals surface area contributed by atoms with Gasteiger partial charge < -0.3 is 9.84 Å². The number of aromatic hydroxyl groups is 1. The Hall–Kier alpha value is -1.89.